The molecule has 0 atom stereocenters. The van der Waals surface area contributed by atoms with E-state index in [0.717, 1.165) is 18.8 Å². The van der Waals surface area contributed by atoms with Gasteiger partial charge in [-0.25, -0.2) is 4.98 Å². The second kappa shape index (κ2) is 3.98. The quantitative estimate of drug-likeness (QED) is 0.730. The second-order valence-electron chi connectivity index (χ2n) is 3.10. The Morgan fingerprint density at radius 3 is 2.69 bits per heavy atom. The van der Waals surface area contributed by atoms with E-state index in [1.54, 1.807) is 12.3 Å². The molecule has 0 bridgehead atoms. The number of hydrogen-bond donors (Lipinski definition) is 2. The van der Waals surface area contributed by atoms with Gasteiger partial charge in [-0.3, -0.25) is 0 Å². The molecule has 1 aromatic heterocycles. The zero-order chi connectivity index (χ0) is 9.84. The van der Waals surface area contributed by atoms with E-state index in [4.69, 9.17) is 11.5 Å². The highest BCUT2D eigenvalue weighted by Crippen LogP contribution is 2.20. The number of aromatic nitrogens is 1. The van der Waals surface area contributed by atoms with Gasteiger partial charge in [-0.2, -0.15) is 0 Å². The summed E-state index contributed by atoms with van der Waals surface area (Å²) in [7, 11) is 1.97. The number of pyridine rings is 1. The lowest BCUT2D eigenvalue weighted by Gasteiger charge is -2.18. The lowest BCUT2D eigenvalue weighted by molar-refractivity contribution is 0.839. The minimum atomic E-state index is 0.603. The van der Waals surface area contributed by atoms with E-state index in [2.05, 4.69) is 11.9 Å². The van der Waals surface area contributed by atoms with Gasteiger partial charge in [0, 0.05) is 13.6 Å². The Bertz CT molecular complexity index is 285. The van der Waals surface area contributed by atoms with E-state index >= 15 is 0 Å². The molecule has 4 nitrogen and oxygen atoms in total. The first kappa shape index (κ1) is 9.64. The molecule has 4 heteroatoms. The highest BCUT2D eigenvalue weighted by Gasteiger charge is 2.05. The molecule has 0 amide bonds. The molecule has 0 radical (unpaired) electrons. The van der Waals surface area contributed by atoms with Crippen LogP contribution in [0.2, 0.25) is 0 Å². The van der Waals surface area contributed by atoms with Gasteiger partial charge in [0.15, 0.2) is 5.82 Å². The zero-order valence-corrected chi connectivity index (χ0v) is 8.12. The summed E-state index contributed by atoms with van der Waals surface area (Å²) in [5.74, 6) is 0.802. The summed E-state index contributed by atoms with van der Waals surface area (Å²) in [4.78, 5) is 6.19. The minimum Gasteiger partial charge on any atom is -0.397 e. The Hall–Kier alpha value is -1.45. The van der Waals surface area contributed by atoms with Gasteiger partial charge in [0.05, 0.1) is 17.6 Å². The normalized spacial score (nSPS) is 10.0. The van der Waals surface area contributed by atoms with Crippen LogP contribution in [0.15, 0.2) is 12.3 Å². The highest BCUT2D eigenvalue weighted by atomic mass is 15.2. The molecule has 1 heterocycles. The van der Waals surface area contributed by atoms with Crippen LogP contribution in [0.25, 0.3) is 0 Å². The van der Waals surface area contributed by atoms with Crippen molar-refractivity contribution in [3.05, 3.63) is 12.3 Å². The van der Waals surface area contributed by atoms with Gasteiger partial charge < -0.3 is 16.4 Å². The number of rotatable bonds is 3. The van der Waals surface area contributed by atoms with Crippen molar-refractivity contribution in [3.8, 4) is 0 Å². The predicted molar refractivity (Wildman–Crippen MR) is 56.6 cm³/mol. The molecular formula is C9H16N4. The maximum Gasteiger partial charge on any atom is 0.151 e. The summed E-state index contributed by atoms with van der Waals surface area (Å²) in [6.45, 7) is 3.06. The molecule has 4 N–H and O–H groups in total. The Kier molecular flexibility index (Phi) is 2.95. The van der Waals surface area contributed by atoms with Crippen LogP contribution in [0.1, 0.15) is 13.3 Å². The van der Waals surface area contributed by atoms with Crippen molar-refractivity contribution in [2.45, 2.75) is 13.3 Å². The first-order chi connectivity index (χ1) is 6.15. The van der Waals surface area contributed by atoms with Crippen LogP contribution in [0.3, 0.4) is 0 Å². The van der Waals surface area contributed by atoms with Crippen molar-refractivity contribution < 1.29 is 0 Å². The number of anilines is 3. The van der Waals surface area contributed by atoms with Crippen LogP contribution >= 0.6 is 0 Å². The molecule has 0 saturated heterocycles. The maximum atomic E-state index is 5.77. The van der Waals surface area contributed by atoms with Crippen LogP contribution < -0.4 is 16.4 Å². The fraction of sp³-hybridized carbons (Fsp3) is 0.444. The minimum absolute atomic E-state index is 0.603. The standard InChI is InChI=1S/C9H16N4/c1-3-4-13(2)9-8(11)5-7(10)6-12-9/h5-6H,3-4,10-11H2,1-2H3. The zero-order valence-electron chi connectivity index (χ0n) is 8.12. The molecular weight excluding hydrogens is 164 g/mol. The Labute approximate surface area is 78.6 Å². The van der Waals surface area contributed by atoms with Crippen molar-refractivity contribution in [1.82, 2.24) is 4.98 Å². The fourth-order valence-electron chi connectivity index (χ4n) is 1.25. The lowest BCUT2D eigenvalue weighted by atomic mass is 10.3. The van der Waals surface area contributed by atoms with Gasteiger partial charge in [0.25, 0.3) is 0 Å². The van der Waals surface area contributed by atoms with Crippen LogP contribution in [-0.2, 0) is 0 Å². The van der Waals surface area contributed by atoms with Crippen molar-refractivity contribution in [1.29, 1.82) is 0 Å². The summed E-state index contributed by atoms with van der Waals surface area (Å²) in [5, 5.41) is 0. The highest BCUT2D eigenvalue weighted by molar-refractivity contribution is 5.66. The van der Waals surface area contributed by atoms with Crippen LogP contribution in [-0.4, -0.2) is 18.6 Å². The van der Waals surface area contributed by atoms with Gasteiger partial charge in [0.1, 0.15) is 0 Å². The van der Waals surface area contributed by atoms with E-state index < -0.39 is 0 Å². The van der Waals surface area contributed by atoms with E-state index in [9.17, 15) is 0 Å². The van der Waals surface area contributed by atoms with E-state index in [0.29, 0.717) is 11.4 Å². The number of nitrogens with zero attached hydrogens (tertiary/aromatic N) is 2. The molecule has 1 aromatic rings. The Morgan fingerprint density at radius 1 is 1.46 bits per heavy atom. The van der Waals surface area contributed by atoms with Gasteiger partial charge in [-0.1, -0.05) is 6.92 Å². The average molecular weight is 180 g/mol. The van der Waals surface area contributed by atoms with Crippen molar-refractivity contribution in [2.24, 2.45) is 0 Å². The van der Waals surface area contributed by atoms with Gasteiger partial charge >= 0.3 is 0 Å². The fourth-order valence-corrected chi connectivity index (χ4v) is 1.25. The van der Waals surface area contributed by atoms with Crippen molar-refractivity contribution >= 4 is 17.2 Å². The summed E-state index contributed by atoms with van der Waals surface area (Å²) >= 11 is 0. The molecule has 0 unspecified atom stereocenters. The number of nitrogen functional groups attached to an aromatic ring is 2. The first-order valence-corrected chi connectivity index (χ1v) is 4.37. The van der Waals surface area contributed by atoms with E-state index in [1.807, 2.05) is 11.9 Å². The molecule has 0 aliphatic carbocycles. The number of hydrogen-bond acceptors (Lipinski definition) is 4. The predicted octanol–water partition coefficient (Wildman–Crippen LogP) is 1.09. The maximum absolute atomic E-state index is 5.77. The van der Waals surface area contributed by atoms with Gasteiger partial charge in [-0.15, -0.1) is 0 Å². The average Bonchev–Trinajstić information content (AvgIpc) is 2.04. The third-order valence-electron chi connectivity index (χ3n) is 1.84. The molecule has 0 fully saturated rings. The smallest absolute Gasteiger partial charge is 0.151 e. The summed E-state index contributed by atoms with van der Waals surface area (Å²) < 4.78 is 0. The van der Waals surface area contributed by atoms with Gasteiger partial charge in [-0.05, 0) is 12.5 Å². The largest absolute Gasteiger partial charge is 0.397 e. The van der Waals surface area contributed by atoms with Crippen LogP contribution in [0, 0.1) is 0 Å². The van der Waals surface area contributed by atoms with E-state index in [-0.39, 0.29) is 0 Å². The topological polar surface area (TPSA) is 68.2 Å². The first-order valence-electron chi connectivity index (χ1n) is 4.37. The molecule has 0 aliphatic rings. The molecule has 0 spiro atoms. The van der Waals surface area contributed by atoms with E-state index in [1.165, 1.54) is 0 Å². The third-order valence-corrected chi connectivity index (χ3v) is 1.84. The monoisotopic (exact) mass is 180 g/mol. The molecule has 0 aliphatic heterocycles. The molecule has 0 aromatic carbocycles. The summed E-state index contributed by atoms with van der Waals surface area (Å²) in [6, 6.07) is 1.73. The molecule has 72 valence electrons. The van der Waals surface area contributed by atoms with Crippen molar-refractivity contribution in [3.63, 3.8) is 0 Å². The SMILES string of the molecule is CCCN(C)c1ncc(N)cc1N. The lowest BCUT2D eigenvalue weighted by Crippen LogP contribution is -2.20. The molecule has 1 rings (SSSR count). The van der Waals surface area contributed by atoms with Crippen LogP contribution in [0.4, 0.5) is 17.2 Å². The molecule has 13 heavy (non-hydrogen) atoms. The van der Waals surface area contributed by atoms with Gasteiger partial charge in [0.2, 0.25) is 0 Å². The van der Waals surface area contributed by atoms with Crippen molar-refractivity contribution in [2.75, 3.05) is 30.0 Å². The number of nitrogens with two attached hydrogens (primary N) is 2. The second-order valence-corrected chi connectivity index (χ2v) is 3.10. The summed E-state index contributed by atoms with van der Waals surface area (Å²) in [6.07, 6.45) is 2.69. The Balaban J connectivity index is 2.88. The van der Waals surface area contributed by atoms with Crippen LogP contribution in [0.5, 0.6) is 0 Å². The molecule has 0 saturated carbocycles. The third kappa shape index (κ3) is 2.24. The Morgan fingerprint density at radius 2 is 2.15 bits per heavy atom. The summed E-state index contributed by atoms with van der Waals surface area (Å²) in [5.41, 5.74) is 12.5.